The number of hydrogen-bond acceptors (Lipinski definition) is 1. The van der Waals surface area contributed by atoms with E-state index in [1.54, 1.807) is 5.56 Å². The Morgan fingerprint density at radius 3 is 2.59 bits per heavy atom. The van der Waals surface area contributed by atoms with Crippen LogP contribution in [0.25, 0.3) is 0 Å². The molecule has 1 aromatic carbocycles. The van der Waals surface area contributed by atoms with Gasteiger partial charge in [0.05, 0.1) is 0 Å². The Labute approximate surface area is 105 Å². The third kappa shape index (κ3) is 1.81. The van der Waals surface area contributed by atoms with Gasteiger partial charge in [-0.05, 0) is 49.1 Å². The fourth-order valence-corrected chi connectivity index (χ4v) is 3.86. The maximum Gasteiger partial charge on any atom is 0.0239 e. The molecule has 1 heteroatoms. The van der Waals surface area contributed by atoms with Crippen LogP contribution in [0.15, 0.2) is 30.3 Å². The van der Waals surface area contributed by atoms with Gasteiger partial charge in [0.25, 0.3) is 0 Å². The van der Waals surface area contributed by atoms with Crippen LogP contribution in [-0.2, 0) is 0 Å². The van der Waals surface area contributed by atoms with Crippen LogP contribution < -0.4 is 5.32 Å². The number of benzene rings is 1. The minimum absolute atomic E-state index is 0.431. The molecule has 1 heterocycles. The van der Waals surface area contributed by atoms with Crippen LogP contribution in [0, 0.1) is 11.8 Å². The van der Waals surface area contributed by atoms with Crippen LogP contribution in [0.2, 0.25) is 0 Å². The summed E-state index contributed by atoms with van der Waals surface area (Å²) < 4.78 is 0. The van der Waals surface area contributed by atoms with Crippen molar-refractivity contribution in [3.63, 3.8) is 0 Å². The highest BCUT2D eigenvalue weighted by Crippen LogP contribution is 2.57. The maximum absolute atomic E-state index is 3.83. The summed E-state index contributed by atoms with van der Waals surface area (Å²) in [4.78, 5) is 0. The Morgan fingerprint density at radius 1 is 1.24 bits per heavy atom. The van der Waals surface area contributed by atoms with Crippen molar-refractivity contribution in [1.82, 2.24) is 5.32 Å². The second-order valence-corrected chi connectivity index (χ2v) is 6.08. The van der Waals surface area contributed by atoms with Crippen molar-refractivity contribution in [2.24, 2.45) is 11.8 Å². The second kappa shape index (κ2) is 4.13. The van der Waals surface area contributed by atoms with E-state index >= 15 is 0 Å². The normalized spacial score (nSPS) is 36.4. The maximum atomic E-state index is 3.83. The number of nitrogens with one attached hydrogen (secondary N) is 1. The molecule has 0 amide bonds. The fourth-order valence-electron chi connectivity index (χ4n) is 3.86. The molecular weight excluding hydrogens is 206 g/mol. The lowest BCUT2D eigenvalue weighted by molar-refractivity contribution is 0.229. The number of hydrogen-bond donors (Lipinski definition) is 1. The van der Waals surface area contributed by atoms with Crippen molar-refractivity contribution in [1.29, 1.82) is 0 Å². The van der Waals surface area contributed by atoms with E-state index in [2.05, 4.69) is 49.5 Å². The van der Waals surface area contributed by atoms with Gasteiger partial charge in [-0.15, -0.1) is 0 Å². The minimum atomic E-state index is 0.431. The van der Waals surface area contributed by atoms with Gasteiger partial charge in [-0.25, -0.2) is 0 Å². The molecule has 3 rings (SSSR count). The molecule has 0 spiro atoms. The SMILES string of the molecule is CC(C)C1(C2CC2c2ccccc2)CCCN1. The van der Waals surface area contributed by atoms with Crippen molar-refractivity contribution >= 4 is 0 Å². The molecule has 1 aromatic rings. The molecule has 0 radical (unpaired) electrons. The average Bonchev–Trinajstić information content (AvgIpc) is 3.00. The summed E-state index contributed by atoms with van der Waals surface area (Å²) in [7, 11) is 0. The highest BCUT2D eigenvalue weighted by atomic mass is 15.0. The van der Waals surface area contributed by atoms with Crippen LogP contribution >= 0.6 is 0 Å². The molecule has 3 unspecified atom stereocenters. The van der Waals surface area contributed by atoms with Gasteiger partial charge >= 0.3 is 0 Å². The molecule has 3 atom stereocenters. The van der Waals surface area contributed by atoms with Crippen molar-refractivity contribution in [2.75, 3.05) is 6.54 Å². The summed E-state index contributed by atoms with van der Waals surface area (Å²) in [6.45, 7) is 5.99. The van der Waals surface area contributed by atoms with Crippen molar-refractivity contribution < 1.29 is 0 Å². The third-order valence-corrected chi connectivity index (χ3v) is 4.93. The van der Waals surface area contributed by atoms with Crippen molar-refractivity contribution in [3.8, 4) is 0 Å². The van der Waals surface area contributed by atoms with Gasteiger partial charge in [-0.3, -0.25) is 0 Å². The second-order valence-electron chi connectivity index (χ2n) is 6.08. The number of rotatable bonds is 3. The first-order chi connectivity index (χ1) is 8.24. The van der Waals surface area contributed by atoms with Crippen LogP contribution in [-0.4, -0.2) is 12.1 Å². The predicted octanol–water partition coefficient (Wildman–Crippen LogP) is 3.57. The summed E-state index contributed by atoms with van der Waals surface area (Å²) in [5.41, 5.74) is 1.98. The van der Waals surface area contributed by atoms with E-state index in [0.29, 0.717) is 5.54 Å². The molecule has 1 N–H and O–H groups in total. The largest absolute Gasteiger partial charge is 0.311 e. The molecule has 1 saturated carbocycles. The van der Waals surface area contributed by atoms with E-state index in [1.807, 2.05) is 0 Å². The van der Waals surface area contributed by atoms with Crippen LogP contribution in [0.3, 0.4) is 0 Å². The lowest BCUT2D eigenvalue weighted by Gasteiger charge is -2.35. The molecule has 92 valence electrons. The molecule has 1 saturated heterocycles. The summed E-state index contributed by atoms with van der Waals surface area (Å²) in [6, 6.07) is 11.1. The molecule has 1 nitrogen and oxygen atoms in total. The van der Waals surface area contributed by atoms with E-state index in [1.165, 1.54) is 25.8 Å². The first-order valence-electron chi connectivity index (χ1n) is 7.04. The van der Waals surface area contributed by atoms with Gasteiger partial charge < -0.3 is 5.32 Å². The van der Waals surface area contributed by atoms with E-state index in [0.717, 1.165) is 17.8 Å². The minimum Gasteiger partial charge on any atom is -0.311 e. The highest BCUT2D eigenvalue weighted by Gasteiger charge is 2.55. The average molecular weight is 229 g/mol. The zero-order valence-electron chi connectivity index (χ0n) is 10.9. The molecule has 2 fully saturated rings. The Balaban J connectivity index is 1.79. The Morgan fingerprint density at radius 2 is 2.00 bits per heavy atom. The van der Waals surface area contributed by atoms with Crippen molar-refractivity contribution in [2.45, 2.75) is 44.6 Å². The molecule has 17 heavy (non-hydrogen) atoms. The third-order valence-electron chi connectivity index (χ3n) is 4.93. The standard InChI is InChI=1S/C16H23N/c1-12(2)16(9-6-10-17-16)15-11-14(15)13-7-4-3-5-8-13/h3-5,7-8,12,14-15,17H,6,9-11H2,1-2H3. The van der Waals surface area contributed by atoms with Gasteiger partial charge in [-0.2, -0.15) is 0 Å². The van der Waals surface area contributed by atoms with E-state index in [4.69, 9.17) is 0 Å². The predicted molar refractivity (Wildman–Crippen MR) is 72.1 cm³/mol. The molecule has 0 aromatic heterocycles. The van der Waals surface area contributed by atoms with Crippen LogP contribution in [0.1, 0.15) is 44.6 Å². The summed E-state index contributed by atoms with van der Waals surface area (Å²) >= 11 is 0. The van der Waals surface area contributed by atoms with Crippen LogP contribution in [0.5, 0.6) is 0 Å². The van der Waals surface area contributed by atoms with Crippen LogP contribution in [0.4, 0.5) is 0 Å². The quantitative estimate of drug-likeness (QED) is 0.835. The molecule has 0 bridgehead atoms. The Bertz CT molecular complexity index is 376. The molecule has 1 aliphatic heterocycles. The summed E-state index contributed by atoms with van der Waals surface area (Å²) in [6.07, 6.45) is 4.12. The lowest BCUT2D eigenvalue weighted by atomic mass is 9.79. The van der Waals surface area contributed by atoms with E-state index in [9.17, 15) is 0 Å². The van der Waals surface area contributed by atoms with E-state index in [-0.39, 0.29) is 0 Å². The van der Waals surface area contributed by atoms with Gasteiger partial charge in [0, 0.05) is 5.54 Å². The van der Waals surface area contributed by atoms with Gasteiger partial charge in [-0.1, -0.05) is 44.2 Å². The smallest absolute Gasteiger partial charge is 0.0239 e. The first-order valence-corrected chi connectivity index (χ1v) is 7.04. The van der Waals surface area contributed by atoms with Gasteiger partial charge in [0.2, 0.25) is 0 Å². The van der Waals surface area contributed by atoms with Gasteiger partial charge in [0.15, 0.2) is 0 Å². The van der Waals surface area contributed by atoms with E-state index < -0.39 is 0 Å². The van der Waals surface area contributed by atoms with Gasteiger partial charge in [0.1, 0.15) is 0 Å². The summed E-state index contributed by atoms with van der Waals surface area (Å²) in [5.74, 6) is 2.43. The Hall–Kier alpha value is -0.820. The molecule has 1 aliphatic carbocycles. The fraction of sp³-hybridized carbons (Fsp3) is 0.625. The first kappa shape index (κ1) is 11.3. The zero-order valence-corrected chi connectivity index (χ0v) is 10.9. The van der Waals surface area contributed by atoms with Crippen molar-refractivity contribution in [3.05, 3.63) is 35.9 Å². The monoisotopic (exact) mass is 229 g/mol. The topological polar surface area (TPSA) is 12.0 Å². The molecule has 2 aliphatic rings. The molecular formula is C16H23N. The lowest BCUT2D eigenvalue weighted by Crippen LogP contribution is -2.47. The zero-order chi connectivity index (χ0) is 11.9. The Kier molecular flexibility index (Phi) is 2.74. The highest BCUT2D eigenvalue weighted by molar-refractivity contribution is 5.29. The summed E-state index contributed by atoms with van der Waals surface area (Å²) in [5, 5.41) is 3.83.